The number of piperidine rings is 1. The van der Waals surface area contributed by atoms with Crippen molar-refractivity contribution in [1.29, 1.82) is 0 Å². The van der Waals surface area contributed by atoms with Crippen molar-refractivity contribution in [1.82, 2.24) is 4.90 Å². The highest BCUT2D eigenvalue weighted by atomic mass is 32.3. The second-order valence-corrected chi connectivity index (χ2v) is 11.6. The topological polar surface area (TPSA) is 71.5 Å². The van der Waals surface area contributed by atoms with Gasteiger partial charge in [0.1, 0.15) is 0 Å². The molecule has 2 heterocycles. The third-order valence-corrected chi connectivity index (χ3v) is 10.6. The number of likely N-dealkylation sites (tertiary alicyclic amines) is 1. The van der Waals surface area contributed by atoms with Crippen LogP contribution in [0.2, 0.25) is 0 Å². The summed E-state index contributed by atoms with van der Waals surface area (Å²) in [4.78, 5) is 2.19. The Hall–Kier alpha value is -0.920. The lowest BCUT2D eigenvalue weighted by Gasteiger charge is -2.32. The maximum Gasteiger partial charge on any atom is 0.168 e. The Kier molecular flexibility index (Phi) is 5.32. The van der Waals surface area contributed by atoms with Gasteiger partial charge in [0, 0.05) is 12.5 Å². The minimum absolute atomic E-state index is 0.0685. The zero-order valence-corrected chi connectivity index (χ0v) is 15.4. The fraction of sp³-hybridized carbons (Fsp3) is 0.647. The Morgan fingerprint density at radius 2 is 1.46 bits per heavy atom. The first-order valence-corrected chi connectivity index (χ1v) is 12.0. The molecule has 3 rings (SSSR count). The van der Waals surface area contributed by atoms with E-state index in [0.29, 0.717) is 6.54 Å². The molecule has 0 spiro atoms. The van der Waals surface area contributed by atoms with E-state index in [-0.39, 0.29) is 17.9 Å². The fourth-order valence-corrected chi connectivity index (χ4v) is 9.30. The van der Waals surface area contributed by atoms with Crippen molar-refractivity contribution < 1.29 is 16.8 Å². The molecule has 2 aliphatic heterocycles. The van der Waals surface area contributed by atoms with Crippen molar-refractivity contribution in [3.05, 3.63) is 35.9 Å². The average Bonchev–Trinajstić information content (AvgIpc) is 2.54. The number of hydrogen-bond donors (Lipinski definition) is 0. The molecule has 2 fully saturated rings. The van der Waals surface area contributed by atoms with Gasteiger partial charge in [-0.2, -0.15) is 0 Å². The Balaban J connectivity index is 1.74. The van der Waals surface area contributed by atoms with Gasteiger partial charge >= 0.3 is 0 Å². The normalized spacial score (nSPS) is 30.0. The second-order valence-electron chi connectivity index (χ2n) is 6.89. The molecule has 0 atom stereocenters. The van der Waals surface area contributed by atoms with Crippen LogP contribution in [0.25, 0.3) is 0 Å². The lowest BCUT2D eigenvalue weighted by Crippen LogP contribution is -2.45. The van der Waals surface area contributed by atoms with Gasteiger partial charge in [-0.1, -0.05) is 36.8 Å². The summed E-state index contributed by atoms with van der Waals surface area (Å²) in [6.45, 7) is 2.44. The van der Waals surface area contributed by atoms with E-state index >= 15 is 0 Å². The van der Waals surface area contributed by atoms with Crippen LogP contribution in [0.1, 0.15) is 37.2 Å². The molecule has 5 nitrogen and oxygen atoms in total. The van der Waals surface area contributed by atoms with Gasteiger partial charge in [-0.15, -0.1) is 0 Å². The zero-order chi connectivity index (χ0) is 17.2. The number of sulfone groups is 2. The van der Waals surface area contributed by atoms with Crippen molar-refractivity contribution in [2.24, 2.45) is 0 Å². The van der Waals surface area contributed by atoms with E-state index in [2.05, 4.69) is 4.90 Å². The fourth-order valence-electron chi connectivity index (χ4n) is 3.79. The summed E-state index contributed by atoms with van der Waals surface area (Å²) in [5.41, 5.74) is 0.791. The SMILES string of the molecule is O=S1(=O)CC(c2ccccc2)CS(=O)(=O)C1CCN1CCCCC1. The summed E-state index contributed by atoms with van der Waals surface area (Å²) in [6, 6.07) is 9.10. The minimum Gasteiger partial charge on any atom is -0.303 e. The van der Waals surface area contributed by atoms with E-state index in [1.807, 2.05) is 30.3 Å². The van der Waals surface area contributed by atoms with Crippen molar-refractivity contribution in [3.63, 3.8) is 0 Å². The second kappa shape index (κ2) is 7.14. The van der Waals surface area contributed by atoms with E-state index < -0.39 is 30.2 Å². The largest absolute Gasteiger partial charge is 0.303 e. The van der Waals surface area contributed by atoms with Crippen LogP contribution in [0, 0.1) is 0 Å². The summed E-state index contributed by atoms with van der Waals surface area (Å²) in [7, 11) is -7.29. The first kappa shape index (κ1) is 17.9. The van der Waals surface area contributed by atoms with E-state index in [4.69, 9.17) is 0 Å². The van der Waals surface area contributed by atoms with Gasteiger partial charge in [0.05, 0.1) is 11.5 Å². The summed E-state index contributed by atoms with van der Waals surface area (Å²) >= 11 is 0. The molecule has 24 heavy (non-hydrogen) atoms. The van der Waals surface area contributed by atoms with E-state index in [0.717, 1.165) is 31.5 Å². The summed E-state index contributed by atoms with van der Waals surface area (Å²) in [6.07, 6.45) is 3.63. The van der Waals surface area contributed by atoms with Gasteiger partial charge in [-0.25, -0.2) is 16.8 Å². The summed E-state index contributed by atoms with van der Waals surface area (Å²) in [5.74, 6) is -0.589. The van der Waals surface area contributed by atoms with Gasteiger partial charge in [-0.3, -0.25) is 0 Å². The van der Waals surface area contributed by atoms with Crippen molar-refractivity contribution in [2.45, 2.75) is 36.2 Å². The van der Waals surface area contributed by atoms with Gasteiger partial charge in [0.25, 0.3) is 0 Å². The lowest BCUT2D eigenvalue weighted by atomic mass is 10.0. The maximum atomic E-state index is 12.7. The monoisotopic (exact) mass is 371 g/mol. The quantitative estimate of drug-likeness (QED) is 0.807. The number of rotatable bonds is 4. The standard InChI is InChI=1S/C17H25NO4S2/c19-23(20)13-16(15-7-3-1-4-8-15)14-24(21,22)17(23)9-12-18-10-5-2-6-11-18/h1,3-4,7-8,16-17H,2,5-6,9-14H2. The lowest BCUT2D eigenvalue weighted by molar-refractivity contribution is 0.228. The van der Waals surface area contributed by atoms with Crippen LogP contribution in [0.5, 0.6) is 0 Å². The summed E-state index contributed by atoms with van der Waals surface area (Å²) in [5, 5.41) is 0. The number of benzene rings is 1. The molecule has 0 saturated carbocycles. The highest BCUT2D eigenvalue weighted by Crippen LogP contribution is 2.32. The maximum absolute atomic E-state index is 12.7. The van der Waals surface area contributed by atoms with Gasteiger partial charge in [-0.05, 0) is 37.9 Å². The Labute approximate surface area is 144 Å². The van der Waals surface area contributed by atoms with Crippen LogP contribution in [0.3, 0.4) is 0 Å². The van der Waals surface area contributed by atoms with Crippen molar-refractivity contribution >= 4 is 19.7 Å². The molecular formula is C17H25NO4S2. The molecule has 0 amide bonds. The molecule has 0 aromatic heterocycles. The smallest absolute Gasteiger partial charge is 0.168 e. The van der Waals surface area contributed by atoms with Crippen molar-refractivity contribution in [2.75, 3.05) is 31.1 Å². The minimum atomic E-state index is -3.64. The van der Waals surface area contributed by atoms with Crippen LogP contribution < -0.4 is 0 Å². The summed E-state index contributed by atoms with van der Waals surface area (Å²) < 4.78 is 49.4. The number of hydrogen-bond acceptors (Lipinski definition) is 5. The van der Waals surface area contributed by atoms with E-state index in [1.165, 1.54) is 6.42 Å². The molecule has 1 aromatic rings. The molecule has 1 aromatic carbocycles. The highest BCUT2D eigenvalue weighted by molar-refractivity contribution is 8.09. The molecule has 0 aliphatic carbocycles. The Bertz CT molecular complexity index is 717. The molecule has 7 heteroatoms. The van der Waals surface area contributed by atoms with Crippen LogP contribution in [0.4, 0.5) is 0 Å². The highest BCUT2D eigenvalue weighted by Gasteiger charge is 2.45. The van der Waals surface area contributed by atoms with Crippen LogP contribution in [-0.2, 0) is 19.7 Å². The average molecular weight is 372 g/mol. The predicted octanol–water partition coefficient (Wildman–Crippen LogP) is 1.82. The van der Waals surface area contributed by atoms with E-state index in [1.54, 1.807) is 0 Å². The molecule has 0 bridgehead atoms. The third kappa shape index (κ3) is 4.00. The molecule has 0 N–H and O–H groups in total. The molecule has 2 saturated heterocycles. The van der Waals surface area contributed by atoms with Gasteiger partial charge < -0.3 is 4.90 Å². The van der Waals surface area contributed by atoms with Gasteiger partial charge in [0.15, 0.2) is 24.3 Å². The van der Waals surface area contributed by atoms with Crippen LogP contribution >= 0.6 is 0 Å². The third-order valence-electron chi connectivity index (χ3n) is 5.07. The Morgan fingerprint density at radius 1 is 0.875 bits per heavy atom. The molecule has 0 unspecified atom stereocenters. The Morgan fingerprint density at radius 3 is 2.04 bits per heavy atom. The van der Waals surface area contributed by atoms with Crippen molar-refractivity contribution in [3.8, 4) is 0 Å². The van der Waals surface area contributed by atoms with E-state index in [9.17, 15) is 16.8 Å². The predicted molar refractivity (Wildman–Crippen MR) is 95.5 cm³/mol. The van der Waals surface area contributed by atoms with Crippen LogP contribution in [0.15, 0.2) is 30.3 Å². The van der Waals surface area contributed by atoms with Gasteiger partial charge in [0.2, 0.25) is 0 Å². The first-order chi connectivity index (χ1) is 11.4. The number of nitrogens with zero attached hydrogens (tertiary/aromatic N) is 1. The molecular weight excluding hydrogens is 346 g/mol. The molecule has 134 valence electrons. The zero-order valence-electron chi connectivity index (χ0n) is 13.8. The van der Waals surface area contributed by atoms with Crippen LogP contribution in [-0.4, -0.2) is 57.5 Å². The first-order valence-electron chi connectivity index (χ1n) is 8.59. The molecule has 2 aliphatic rings. The molecule has 0 radical (unpaired) electrons.